The van der Waals surface area contributed by atoms with E-state index in [1.807, 2.05) is 0 Å². The number of aromatic nitrogens is 2. The first-order chi connectivity index (χ1) is 9.97. The maximum absolute atomic E-state index is 11.7. The van der Waals surface area contributed by atoms with Crippen molar-refractivity contribution >= 4 is 10.0 Å². The number of nitrogens with zero attached hydrogens (tertiary/aromatic N) is 3. The summed E-state index contributed by atoms with van der Waals surface area (Å²) in [5, 5.41) is 0. The molecule has 2 fully saturated rings. The Kier molecular flexibility index (Phi) is 3.85. The molecule has 2 aliphatic heterocycles. The molecule has 21 heavy (non-hydrogen) atoms. The molecular formula is C13H19N3O4S. The Morgan fingerprint density at radius 1 is 1.43 bits per heavy atom. The lowest BCUT2D eigenvalue weighted by Crippen LogP contribution is -2.49. The van der Waals surface area contributed by atoms with E-state index in [0.717, 1.165) is 12.8 Å². The van der Waals surface area contributed by atoms with Gasteiger partial charge in [-0.05, 0) is 18.9 Å². The second-order valence-electron chi connectivity index (χ2n) is 5.67. The predicted octanol–water partition coefficient (Wildman–Crippen LogP) is 0.438. The van der Waals surface area contributed by atoms with Gasteiger partial charge in [0, 0.05) is 31.9 Å². The molecule has 0 radical (unpaired) electrons. The SMILES string of the molecule is CS(=O)(=O)N1CCCC2(CC(Oc3ncccn3)CO2)C1. The minimum Gasteiger partial charge on any atom is -0.458 e. The molecule has 0 N–H and O–H groups in total. The maximum Gasteiger partial charge on any atom is 0.316 e. The Morgan fingerprint density at radius 2 is 2.19 bits per heavy atom. The molecule has 0 bridgehead atoms. The largest absolute Gasteiger partial charge is 0.458 e. The van der Waals surface area contributed by atoms with Gasteiger partial charge in [-0.3, -0.25) is 0 Å². The van der Waals surface area contributed by atoms with Crippen LogP contribution < -0.4 is 4.74 Å². The van der Waals surface area contributed by atoms with Gasteiger partial charge in [-0.25, -0.2) is 18.4 Å². The quantitative estimate of drug-likeness (QED) is 0.805. The van der Waals surface area contributed by atoms with E-state index in [9.17, 15) is 8.42 Å². The number of piperidine rings is 1. The minimum absolute atomic E-state index is 0.132. The second kappa shape index (κ2) is 5.51. The molecule has 8 heteroatoms. The molecule has 1 spiro atoms. The lowest BCUT2D eigenvalue weighted by Gasteiger charge is -2.38. The van der Waals surface area contributed by atoms with E-state index in [-0.39, 0.29) is 6.10 Å². The molecule has 7 nitrogen and oxygen atoms in total. The molecule has 2 aliphatic rings. The molecule has 2 saturated heterocycles. The van der Waals surface area contributed by atoms with Crippen LogP contribution >= 0.6 is 0 Å². The Bertz CT molecular complexity index is 595. The first kappa shape index (κ1) is 14.7. The van der Waals surface area contributed by atoms with Crippen LogP contribution in [0, 0.1) is 0 Å². The number of sulfonamides is 1. The summed E-state index contributed by atoms with van der Waals surface area (Å²) in [6.07, 6.45) is 6.69. The van der Waals surface area contributed by atoms with Crippen LogP contribution in [0.25, 0.3) is 0 Å². The van der Waals surface area contributed by atoms with Crippen molar-refractivity contribution in [2.24, 2.45) is 0 Å². The van der Waals surface area contributed by atoms with Gasteiger partial charge in [0.05, 0.1) is 18.5 Å². The molecule has 2 atom stereocenters. The molecule has 0 amide bonds. The zero-order valence-corrected chi connectivity index (χ0v) is 12.8. The topological polar surface area (TPSA) is 81.6 Å². The molecule has 0 aliphatic carbocycles. The number of hydrogen-bond acceptors (Lipinski definition) is 6. The van der Waals surface area contributed by atoms with E-state index in [0.29, 0.717) is 32.1 Å². The summed E-state index contributed by atoms with van der Waals surface area (Å²) in [7, 11) is -3.18. The van der Waals surface area contributed by atoms with E-state index >= 15 is 0 Å². The normalized spacial score (nSPS) is 30.6. The zero-order valence-electron chi connectivity index (χ0n) is 11.9. The third-order valence-corrected chi connectivity index (χ3v) is 5.21. The molecule has 0 saturated carbocycles. The Hall–Kier alpha value is -1.25. The summed E-state index contributed by atoms with van der Waals surface area (Å²) >= 11 is 0. The van der Waals surface area contributed by atoms with E-state index in [2.05, 4.69) is 9.97 Å². The molecular weight excluding hydrogens is 294 g/mol. The molecule has 1 aromatic heterocycles. The van der Waals surface area contributed by atoms with Crippen LogP contribution in [-0.4, -0.2) is 60.3 Å². The Labute approximate surface area is 124 Å². The van der Waals surface area contributed by atoms with Gasteiger partial charge in [0.1, 0.15) is 6.10 Å². The molecule has 3 heterocycles. The third-order valence-electron chi connectivity index (χ3n) is 3.96. The summed E-state index contributed by atoms with van der Waals surface area (Å²) < 4.78 is 36.5. The summed E-state index contributed by atoms with van der Waals surface area (Å²) in [6, 6.07) is 2.06. The standard InChI is InChI=1S/C13H19N3O4S/c1-21(17,18)16-7-2-4-13(10-16)8-11(9-19-13)20-12-14-5-3-6-15-12/h3,5-6,11H,2,4,7-10H2,1H3. The van der Waals surface area contributed by atoms with Crippen LogP contribution in [0.2, 0.25) is 0 Å². The van der Waals surface area contributed by atoms with Gasteiger partial charge in [0.2, 0.25) is 10.0 Å². The summed E-state index contributed by atoms with van der Waals surface area (Å²) in [4.78, 5) is 8.07. The molecule has 116 valence electrons. The first-order valence-corrected chi connectivity index (χ1v) is 8.84. The Balaban J connectivity index is 1.65. The van der Waals surface area contributed by atoms with Crippen molar-refractivity contribution in [2.75, 3.05) is 26.0 Å². The van der Waals surface area contributed by atoms with Gasteiger partial charge in [0.15, 0.2) is 0 Å². The maximum atomic E-state index is 11.7. The van der Waals surface area contributed by atoms with Gasteiger partial charge in [0.25, 0.3) is 0 Å². The van der Waals surface area contributed by atoms with Crippen molar-refractivity contribution in [1.82, 2.24) is 14.3 Å². The van der Waals surface area contributed by atoms with E-state index in [1.54, 1.807) is 18.5 Å². The highest BCUT2D eigenvalue weighted by Crippen LogP contribution is 2.36. The smallest absolute Gasteiger partial charge is 0.316 e. The fourth-order valence-electron chi connectivity index (χ4n) is 3.00. The fraction of sp³-hybridized carbons (Fsp3) is 0.692. The highest BCUT2D eigenvalue weighted by atomic mass is 32.2. The van der Waals surface area contributed by atoms with Crippen molar-refractivity contribution in [3.05, 3.63) is 18.5 Å². The van der Waals surface area contributed by atoms with Crippen LogP contribution in [0.4, 0.5) is 0 Å². The molecule has 2 unspecified atom stereocenters. The number of ether oxygens (including phenoxy) is 2. The van der Waals surface area contributed by atoms with Crippen LogP contribution in [0.5, 0.6) is 6.01 Å². The minimum atomic E-state index is -3.18. The van der Waals surface area contributed by atoms with Crippen molar-refractivity contribution in [3.63, 3.8) is 0 Å². The van der Waals surface area contributed by atoms with Gasteiger partial charge in [-0.2, -0.15) is 4.31 Å². The second-order valence-corrected chi connectivity index (χ2v) is 7.65. The highest BCUT2D eigenvalue weighted by Gasteiger charge is 2.46. The highest BCUT2D eigenvalue weighted by molar-refractivity contribution is 7.88. The Morgan fingerprint density at radius 3 is 2.90 bits per heavy atom. The van der Waals surface area contributed by atoms with Crippen molar-refractivity contribution in [2.45, 2.75) is 31.0 Å². The molecule has 1 aromatic rings. The van der Waals surface area contributed by atoms with Crippen LogP contribution in [0.1, 0.15) is 19.3 Å². The van der Waals surface area contributed by atoms with Crippen molar-refractivity contribution < 1.29 is 17.9 Å². The van der Waals surface area contributed by atoms with E-state index in [1.165, 1.54) is 10.6 Å². The van der Waals surface area contributed by atoms with Gasteiger partial charge in [-0.15, -0.1) is 0 Å². The van der Waals surface area contributed by atoms with E-state index < -0.39 is 15.6 Å². The molecule has 0 aromatic carbocycles. The average Bonchev–Trinajstić information content (AvgIpc) is 2.81. The van der Waals surface area contributed by atoms with Gasteiger partial charge >= 0.3 is 6.01 Å². The average molecular weight is 313 g/mol. The van der Waals surface area contributed by atoms with Crippen molar-refractivity contribution in [1.29, 1.82) is 0 Å². The predicted molar refractivity (Wildman–Crippen MR) is 75.4 cm³/mol. The summed E-state index contributed by atoms with van der Waals surface area (Å²) in [5.74, 6) is 0. The third kappa shape index (κ3) is 3.33. The summed E-state index contributed by atoms with van der Waals surface area (Å²) in [5.41, 5.74) is -0.430. The monoisotopic (exact) mass is 313 g/mol. The fourth-order valence-corrected chi connectivity index (χ4v) is 3.93. The van der Waals surface area contributed by atoms with Gasteiger partial charge < -0.3 is 9.47 Å². The number of rotatable bonds is 3. The van der Waals surface area contributed by atoms with Crippen molar-refractivity contribution in [3.8, 4) is 6.01 Å². The van der Waals surface area contributed by atoms with E-state index in [4.69, 9.17) is 9.47 Å². The summed E-state index contributed by atoms with van der Waals surface area (Å²) in [6.45, 7) is 1.41. The van der Waals surface area contributed by atoms with Crippen LogP contribution in [0.15, 0.2) is 18.5 Å². The lowest BCUT2D eigenvalue weighted by molar-refractivity contribution is -0.0338. The molecule has 3 rings (SSSR count). The van der Waals surface area contributed by atoms with Gasteiger partial charge in [-0.1, -0.05) is 0 Å². The number of hydrogen-bond donors (Lipinski definition) is 0. The lowest BCUT2D eigenvalue weighted by atomic mass is 9.90. The zero-order chi connectivity index (χ0) is 14.9. The first-order valence-electron chi connectivity index (χ1n) is 7.00. The van der Waals surface area contributed by atoms with Crippen LogP contribution in [0.3, 0.4) is 0 Å². The van der Waals surface area contributed by atoms with Crippen LogP contribution in [-0.2, 0) is 14.8 Å².